The lowest BCUT2D eigenvalue weighted by Crippen LogP contribution is -2.61. The Morgan fingerprint density at radius 2 is 1.74 bits per heavy atom. The van der Waals surface area contributed by atoms with Crippen LogP contribution in [0.5, 0.6) is 0 Å². The van der Waals surface area contributed by atoms with Gasteiger partial charge in [0.2, 0.25) is 5.91 Å². The first-order chi connectivity index (χ1) is 14.7. The molecule has 3 N–H and O–H groups in total. The van der Waals surface area contributed by atoms with Gasteiger partial charge in [0.1, 0.15) is 6.04 Å². The highest BCUT2D eigenvalue weighted by Crippen LogP contribution is 2.32. The Hall–Kier alpha value is -2.98. The van der Waals surface area contributed by atoms with Crippen molar-refractivity contribution in [2.24, 2.45) is 0 Å². The summed E-state index contributed by atoms with van der Waals surface area (Å²) in [5, 5.41) is 17.3. The van der Waals surface area contributed by atoms with E-state index >= 15 is 0 Å². The van der Waals surface area contributed by atoms with Gasteiger partial charge < -0.3 is 5.32 Å². The fraction of sp³-hybridized carbons (Fsp3) is 0.381. The summed E-state index contributed by atoms with van der Waals surface area (Å²) in [5.74, 6) is -0.176. The third-order valence-electron chi connectivity index (χ3n) is 5.86. The van der Waals surface area contributed by atoms with Gasteiger partial charge in [-0.15, -0.1) is 0 Å². The number of aryl methyl sites for hydroxylation is 1. The number of non-ortho nitro benzene ring substituents is 1. The average Bonchev–Trinajstić information content (AvgIpc) is 2.74. The Morgan fingerprint density at radius 3 is 2.42 bits per heavy atom. The van der Waals surface area contributed by atoms with Crippen LogP contribution in [0.15, 0.2) is 47.4 Å². The number of nitrogens with zero attached hydrogens (tertiary/aromatic N) is 1. The normalized spacial score (nSPS) is 23.5. The van der Waals surface area contributed by atoms with E-state index in [1.54, 1.807) is 18.2 Å². The van der Waals surface area contributed by atoms with Crippen molar-refractivity contribution < 1.29 is 18.1 Å². The summed E-state index contributed by atoms with van der Waals surface area (Å²) in [6, 6.07) is 9.44. The Balaban J connectivity index is 1.64. The molecule has 1 aliphatic carbocycles. The first-order valence-electron chi connectivity index (χ1n) is 10.2. The lowest BCUT2D eigenvalue weighted by atomic mass is 9.86. The van der Waals surface area contributed by atoms with Crippen molar-refractivity contribution in [3.05, 3.63) is 63.7 Å². The lowest BCUT2D eigenvalue weighted by Gasteiger charge is -2.41. The molecule has 0 bridgehead atoms. The van der Waals surface area contributed by atoms with E-state index in [4.69, 9.17) is 0 Å². The molecule has 9 nitrogen and oxygen atoms in total. The van der Waals surface area contributed by atoms with Crippen LogP contribution in [0.1, 0.15) is 42.9 Å². The molecule has 2 fully saturated rings. The quantitative estimate of drug-likeness (QED) is 0.480. The second-order valence-electron chi connectivity index (χ2n) is 8.05. The van der Waals surface area contributed by atoms with Crippen LogP contribution in [-0.2, 0) is 14.8 Å². The van der Waals surface area contributed by atoms with Crippen LogP contribution < -0.4 is 15.4 Å². The fourth-order valence-electron chi connectivity index (χ4n) is 4.25. The van der Waals surface area contributed by atoms with Crippen molar-refractivity contribution in [1.82, 2.24) is 10.6 Å². The molecule has 0 radical (unpaired) electrons. The summed E-state index contributed by atoms with van der Waals surface area (Å²) in [7, 11) is -4.00. The number of hydrogen-bond acceptors (Lipinski definition) is 6. The molecule has 10 heteroatoms. The number of rotatable bonds is 5. The van der Waals surface area contributed by atoms with Crippen LogP contribution in [-0.4, -0.2) is 31.3 Å². The number of sulfonamides is 1. The molecule has 1 saturated carbocycles. The molecule has 3 unspecified atom stereocenters. The van der Waals surface area contributed by atoms with Crippen molar-refractivity contribution in [3.8, 4) is 0 Å². The molecule has 1 amide bonds. The van der Waals surface area contributed by atoms with Gasteiger partial charge in [-0.1, -0.05) is 30.5 Å². The monoisotopic (exact) mass is 444 g/mol. The van der Waals surface area contributed by atoms with Crippen LogP contribution in [0.25, 0.3) is 0 Å². The molecule has 31 heavy (non-hydrogen) atoms. The molecule has 2 aliphatic rings. The largest absolute Gasteiger partial charge is 0.350 e. The van der Waals surface area contributed by atoms with Gasteiger partial charge in [-0.2, -0.15) is 0 Å². The van der Waals surface area contributed by atoms with Gasteiger partial charge in [0.15, 0.2) is 0 Å². The van der Waals surface area contributed by atoms with E-state index in [9.17, 15) is 23.3 Å². The van der Waals surface area contributed by atoms with E-state index in [0.29, 0.717) is 11.3 Å². The minimum Gasteiger partial charge on any atom is -0.350 e. The number of benzene rings is 2. The maximum atomic E-state index is 12.9. The second-order valence-corrected chi connectivity index (χ2v) is 9.74. The summed E-state index contributed by atoms with van der Waals surface area (Å²) in [6.45, 7) is 1.88. The minimum absolute atomic E-state index is 0.0991. The summed E-state index contributed by atoms with van der Waals surface area (Å²) >= 11 is 0. The number of carbonyl (C=O) groups is 1. The number of amides is 1. The Kier molecular flexibility index (Phi) is 5.67. The van der Waals surface area contributed by atoms with Gasteiger partial charge in [0, 0.05) is 29.8 Å². The molecule has 0 spiro atoms. The van der Waals surface area contributed by atoms with Crippen molar-refractivity contribution in [2.45, 2.75) is 55.6 Å². The van der Waals surface area contributed by atoms with Crippen LogP contribution in [0.3, 0.4) is 0 Å². The van der Waals surface area contributed by atoms with E-state index < -0.39 is 21.0 Å². The Morgan fingerprint density at radius 1 is 1.06 bits per heavy atom. The fourth-order valence-corrected chi connectivity index (χ4v) is 5.34. The van der Waals surface area contributed by atoms with Crippen molar-refractivity contribution in [2.75, 3.05) is 4.72 Å². The van der Waals surface area contributed by atoms with Crippen LogP contribution in [0, 0.1) is 17.0 Å². The number of hydrogen-bond donors (Lipinski definition) is 3. The van der Waals surface area contributed by atoms with Crippen molar-refractivity contribution >= 4 is 27.3 Å². The zero-order chi connectivity index (χ0) is 22.2. The molecule has 0 aromatic heterocycles. The van der Waals surface area contributed by atoms with Gasteiger partial charge in [-0.25, -0.2) is 8.42 Å². The topological polar surface area (TPSA) is 130 Å². The highest BCUT2D eigenvalue weighted by atomic mass is 32.2. The van der Waals surface area contributed by atoms with Gasteiger partial charge in [0.25, 0.3) is 15.7 Å². The summed E-state index contributed by atoms with van der Waals surface area (Å²) < 4.78 is 28.4. The number of nitro benzene ring substituents is 1. The molecule has 4 rings (SSSR count). The number of anilines is 1. The van der Waals surface area contributed by atoms with Gasteiger partial charge >= 0.3 is 0 Å². The summed E-state index contributed by atoms with van der Waals surface area (Å²) in [5.41, 5.74) is 1.55. The molecular weight excluding hydrogens is 420 g/mol. The molecule has 1 saturated heterocycles. The Bertz CT molecular complexity index is 1120. The highest BCUT2D eigenvalue weighted by Gasteiger charge is 2.38. The van der Waals surface area contributed by atoms with E-state index in [2.05, 4.69) is 15.4 Å². The SMILES string of the molecule is Cc1ccc(NS(=O)(=O)c2ccc([N+](=O)[O-])cc2)c(C2NC3CCCCC3NC2=O)c1. The number of fused-ring (bicyclic) bond motifs is 1. The highest BCUT2D eigenvalue weighted by molar-refractivity contribution is 7.92. The second kappa shape index (κ2) is 8.27. The van der Waals surface area contributed by atoms with E-state index in [1.807, 2.05) is 6.92 Å². The Labute approximate surface area is 180 Å². The maximum absolute atomic E-state index is 12.9. The zero-order valence-electron chi connectivity index (χ0n) is 17.0. The first-order valence-corrected chi connectivity index (χ1v) is 11.7. The van der Waals surface area contributed by atoms with Crippen LogP contribution in [0.4, 0.5) is 11.4 Å². The smallest absolute Gasteiger partial charge is 0.269 e. The zero-order valence-corrected chi connectivity index (χ0v) is 17.8. The van der Waals surface area contributed by atoms with Gasteiger partial charge in [-0.3, -0.25) is 24.9 Å². The molecule has 2 aromatic carbocycles. The van der Waals surface area contributed by atoms with Crippen molar-refractivity contribution in [1.29, 1.82) is 0 Å². The predicted molar refractivity (Wildman–Crippen MR) is 115 cm³/mol. The predicted octanol–water partition coefficient (Wildman–Crippen LogP) is 2.78. The summed E-state index contributed by atoms with van der Waals surface area (Å²) in [6.07, 6.45) is 4.06. The third kappa shape index (κ3) is 4.40. The third-order valence-corrected chi connectivity index (χ3v) is 7.24. The van der Waals surface area contributed by atoms with Gasteiger partial charge in [0.05, 0.1) is 15.5 Å². The van der Waals surface area contributed by atoms with Crippen LogP contribution in [0.2, 0.25) is 0 Å². The molecule has 1 heterocycles. The number of piperazine rings is 1. The first kappa shape index (κ1) is 21.3. The molecular formula is C21H24N4O5S. The molecule has 1 aliphatic heterocycles. The van der Waals surface area contributed by atoms with E-state index in [1.165, 1.54) is 12.1 Å². The standard InChI is InChI=1S/C21H24N4O5S/c1-13-6-11-17(24-31(29,30)15-9-7-14(8-10-15)25(27)28)16(12-13)20-21(26)23-19-5-3-2-4-18(19)22-20/h6-12,18-20,22,24H,2-5H2,1H3,(H,23,26). The van der Waals surface area contributed by atoms with Crippen LogP contribution >= 0.6 is 0 Å². The molecule has 164 valence electrons. The number of nitrogens with one attached hydrogen (secondary N) is 3. The molecule has 3 atom stereocenters. The van der Waals surface area contributed by atoms with Gasteiger partial charge in [-0.05, 0) is 38.0 Å². The minimum atomic E-state index is -4.00. The summed E-state index contributed by atoms with van der Waals surface area (Å²) in [4.78, 5) is 23.0. The molecule has 2 aromatic rings. The number of nitro groups is 1. The van der Waals surface area contributed by atoms with E-state index in [-0.39, 0.29) is 28.6 Å². The lowest BCUT2D eigenvalue weighted by molar-refractivity contribution is -0.384. The van der Waals surface area contributed by atoms with Crippen molar-refractivity contribution in [3.63, 3.8) is 0 Å². The average molecular weight is 445 g/mol. The number of carbonyl (C=O) groups excluding carboxylic acids is 1. The maximum Gasteiger partial charge on any atom is 0.269 e. The van der Waals surface area contributed by atoms with E-state index in [0.717, 1.165) is 43.4 Å².